The normalized spacial score (nSPS) is 11.9. The van der Waals surface area contributed by atoms with E-state index in [0.29, 0.717) is 12.0 Å². The van der Waals surface area contributed by atoms with Crippen LogP contribution in [0.4, 0.5) is 8.78 Å². The molecule has 1 aromatic rings. The smallest absolute Gasteiger partial charge is 0.166 e. The Hall–Kier alpha value is -1.22. The first-order valence-corrected chi connectivity index (χ1v) is 4.43. The van der Waals surface area contributed by atoms with Gasteiger partial charge in [-0.05, 0) is 18.1 Å². The summed E-state index contributed by atoms with van der Waals surface area (Å²) in [5, 5.41) is 8.86. The van der Waals surface area contributed by atoms with E-state index in [1.807, 2.05) is 6.92 Å². The number of aliphatic hydroxyl groups is 1. The van der Waals surface area contributed by atoms with E-state index in [1.54, 1.807) is 0 Å². The van der Waals surface area contributed by atoms with E-state index >= 15 is 0 Å². The highest BCUT2D eigenvalue weighted by molar-refractivity contribution is 5.53. The van der Waals surface area contributed by atoms with Crippen LogP contribution in [0.1, 0.15) is 18.9 Å². The number of hydrogen-bond acceptors (Lipinski definition) is 1. The lowest BCUT2D eigenvalue weighted by atomic mass is 10.1. The lowest BCUT2D eigenvalue weighted by Gasteiger charge is -2.01. The van der Waals surface area contributed by atoms with Gasteiger partial charge in [-0.2, -0.15) is 0 Å². The summed E-state index contributed by atoms with van der Waals surface area (Å²) in [4.78, 5) is 0. The van der Waals surface area contributed by atoms with Crippen LogP contribution in [0.3, 0.4) is 0 Å². The maximum absolute atomic E-state index is 13.1. The average molecular weight is 198 g/mol. The SMILES string of the molecule is CCC(=Cc1cccc(F)c1F)CO. The highest BCUT2D eigenvalue weighted by Gasteiger charge is 2.05. The van der Waals surface area contributed by atoms with Crippen molar-refractivity contribution >= 4 is 6.08 Å². The fourth-order valence-corrected chi connectivity index (χ4v) is 1.11. The van der Waals surface area contributed by atoms with Gasteiger partial charge < -0.3 is 5.11 Å². The number of halogens is 2. The molecule has 1 N–H and O–H groups in total. The van der Waals surface area contributed by atoms with E-state index in [-0.39, 0.29) is 12.2 Å². The van der Waals surface area contributed by atoms with E-state index in [1.165, 1.54) is 18.2 Å². The molecule has 0 aromatic heterocycles. The molecule has 0 saturated heterocycles. The van der Waals surface area contributed by atoms with Gasteiger partial charge >= 0.3 is 0 Å². The number of benzene rings is 1. The number of rotatable bonds is 3. The molecule has 0 radical (unpaired) electrons. The van der Waals surface area contributed by atoms with Crippen molar-refractivity contribution in [1.29, 1.82) is 0 Å². The number of hydrogen-bond donors (Lipinski definition) is 1. The molecule has 1 nitrogen and oxygen atoms in total. The monoisotopic (exact) mass is 198 g/mol. The molecule has 3 heteroatoms. The van der Waals surface area contributed by atoms with Gasteiger partial charge in [-0.3, -0.25) is 0 Å². The minimum Gasteiger partial charge on any atom is -0.392 e. The maximum atomic E-state index is 13.1. The fraction of sp³-hybridized carbons (Fsp3) is 0.273. The molecule has 76 valence electrons. The zero-order valence-corrected chi connectivity index (χ0v) is 7.93. The Morgan fingerprint density at radius 2 is 2.14 bits per heavy atom. The third kappa shape index (κ3) is 2.39. The molecule has 0 unspecified atom stereocenters. The Morgan fingerprint density at radius 3 is 2.71 bits per heavy atom. The van der Waals surface area contributed by atoms with Gasteiger partial charge in [0, 0.05) is 5.56 Å². The van der Waals surface area contributed by atoms with Crippen LogP contribution in [0.5, 0.6) is 0 Å². The number of aliphatic hydroxyl groups excluding tert-OH is 1. The van der Waals surface area contributed by atoms with Crippen molar-refractivity contribution in [2.75, 3.05) is 6.61 Å². The first kappa shape index (κ1) is 10.9. The van der Waals surface area contributed by atoms with Crippen molar-refractivity contribution in [1.82, 2.24) is 0 Å². The minimum absolute atomic E-state index is 0.132. The zero-order chi connectivity index (χ0) is 10.6. The molecule has 0 bridgehead atoms. The standard InChI is InChI=1S/C11H12F2O/c1-2-8(7-14)6-9-4-3-5-10(12)11(9)13/h3-6,14H,2,7H2,1H3. The largest absolute Gasteiger partial charge is 0.392 e. The fourth-order valence-electron chi connectivity index (χ4n) is 1.11. The van der Waals surface area contributed by atoms with Crippen molar-refractivity contribution in [3.8, 4) is 0 Å². The van der Waals surface area contributed by atoms with Crippen LogP contribution in [0.15, 0.2) is 23.8 Å². The van der Waals surface area contributed by atoms with E-state index in [9.17, 15) is 8.78 Å². The van der Waals surface area contributed by atoms with Gasteiger partial charge in [-0.25, -0.2) is 8.78 Å². The quantitative estimate of drug-likeness (QED) is 0.791. The molecule has 0 atom stereocenters. The van der Waals surface area contributed by atoms with Gasteiger partial charge in [0.25, 0.3) is 0 Å². The molecule has 0 aliphatic heterocycles. The zero-order valence-electron chi connectivity index (χ0n) is 7.93. The van der Waals surface area contributed by atoms with Crippen LogP contribution in [-0.4, -0.2) is 11.7 Å². The van der Waals surface area contributed by atoms with Gasteiger partial charge in [0.2, 0.25) is 0 Å². The van der Waals surface area contributed by atoms with E-state index in [2.05, 4.69) is 0 Å². The Morgan fingerprint density at radius 1 is 1.43 bits per heavy atom. The van der Waals surface area contributed by atoms with Gasteiger partial charge in [0.15, 0.2) is 11.6 Å². The van der Waals surface area contributed by atoms with Crippen LogP contribution < -0.4 is 0 Å². The highest BCUT2D eigenvalue weighted by Crippen LogP contribution is 2.15. The van der Waals surface area contributed by atoms with Gasteiger partial charge in [0.05, 0.1) is 6.61 Å². The molecule has 0 aliphatic carbocycles. The molecule has 0 saturated carbocycles. The molecular formula is C11H12F2O. The van der Waals surface area contributed by atoms with Crippen molar-refractivity contribution in [3.63, 3.8) is 0 Å². The van der Waals surface area contributed by atoms with E-state index in [0.717, 1.165) is 6.07 Å². The Labute approximate surface area is 81.7 Å². The summed E-state index contributed by atoms with van der Waals surface area (Å²) in [7, 11) is 0. The van der Waals surface area contributed by atoms with Crippen LogP contribution in [0.25, 0.3) is 6.08 Å². The second-order valence-corrected chi connectivity index (χ2v) is 2.96. The van der Waals surface area contributed by atoms with Crippen molar-refractivity contribution in [2.24, 2.45) is 0 Å². The summed E-state index contributed by atoms with van der Waals surface area (Å²) in [6.07, 6.45) is 2.09. The average Bonchev–Trinajstić information content (AvgIpc) is 2.20. The Kier molecular flexibility index (Phi) is 3.77. The first-order chi connectivity index (χ1) is 6.69. The molecule has 0 amide bonds. The summed E-state index contributed by atoms with van der Waals surface area (Å²) < 4.78 is 25.9. The summed E-state index contributed by atoms with van der Waals surface area (Å²) in [5.74, 6) is -1.74. The molecule has 0 fully saturated rings. The Bertz CT molecular complexity index is 339. The van der Waals surface area contributed by atoms with E-state index < -0.39 is 11.6 Å². The van der Waals surface area contributed by atoms with Crippen molar-refractivity contribution in [2.45, 2.75) is 13.3 Å². The highest BCUT2D eigenvalue weighted by atomic mass is 19.2. The summed E-state index contributed by atoms with van der Waals surface area (Å²) in [6, 6.07) is 3.98. The molecule has 0 spiro atoms. The lowest BCUT2D eigenvalue weighted by molar-refractivity contribution is 0.329. The van der Waals surface area contributed by atoms with Gasteiger partial charge in [-0.15, -0.1) is 0 Å². The predicted molar refractivity (Wildman–Crippen MR) is 51.7 cm³/mol. The van der Waals surface area contributed by atoms with Crippen molar-refractivity contribution < 1.29 is 13.9 Å². The van der Waals surface area contributed by atoms with Crippen LogP contribution in [0, 0.1) is 11.6 Å². The predicted octanol–water partition coefficient (Wildman–Crippen LogP) is 2.75. The first-order valence-electron chi connectivity index (χ1n) is 4.43. The maximum Gasteiger partial charge on any atom is 0.166 e. The molecule has 1 rings (SSSR count). The molecule has 14 heavy (non-hydrogen) atoms. The third-order valence-electron chi connectivity index (χ3n) is 2.00. The van der Waals surface area contributed by atoms with Crippen LogP contribution in [0.2, 0.25) is 0 Å². The third-order valence-corrected chi connectivity index (χ3v) is 2.00. The molecule has 0 heterocycles. The lowest BCUT2D eigenvalue weighted by Crippen LogP contribution is -1.92. The minimum atomic E-state index is -0.869. The molecule has 0 aliphatic rings. The second-order valence-electron chi connectivity index (χ2n) is 2.96. The summed E-state index contributed by atoms with van der Waals surface area (Å²) in [5.41, 5.74) is 0.852. The van der Waals surface area contributed by atoms with Crippen molar-refractivity contribution in [3.05, 3.63) is 41.0 Å². The topological polar surface area (TPSA) is 20.2 Å². The molecular weight excluding hydrogens is 186 g/mol. The van der Waals surface area contributed by atoms with Crippen LogP contribution in [-0.2, 0) is 0 Å². The Balaban J connectivity index is 3.07. The summed E-state index contributed by atoms with van der Waals surface area (Å²) in [6.45, 7) is 1.71. The molecule has 1 aromatic carbocycles. The van der Waals surface area contributed by atoms with Gasteiger partial charge in [-0.1, -0.05) is 25.1 Å². The van der Waals surface area contributed by atoms with E-state index in [4.69, 9.17) is 5.11 Å². The second kappa shape index (κ2) is 4.86. The van der Waals surface area contributed by atoms with Crippen LogP contribution >= 0.6 is 0 Å². The summed E-state index contributed by atoms with van der Waals surface area (Å²) >= 11 is 0. The van der Waals surface area contributed by atoms with Gasteiger partial charge in [0.1, 0.15) is 0 Å².